The summed E-state index contributed by atoms with van der Waals surface area (Å²) in [7, 11) is 1.18. The van der Waals surface area contributed by atoms with Crippen molar-refractivity contribution in [2.45, 2.75) is 12.4 Å². The highest BCUT2D eigenvalue weighted by Gasteiger charge is 2.37. The van der Waals surface area contributed by atoms with Gasteiger partial charge in [0.2, 0.25) is 0 Å². The largest absolute Gasteiger partial charge is 0.416 e. The summed E-state index contributed by atoms with van der Waals surface area (Å²) in [5.74, 6) is -1.22. The molecule has 0 radical (unpaired) electrons. The molecule has 0 aliphatic rings. The van der Waals surface area contributed by atoms with E-state index < -0.39 is 35.0 Å². The second-order valence-electron chi connectivity index (χ2n) is 4.13. The molecule has 0 heterocycles. The fourth-order valence-electron chi connectivity index (χ4n) is 1.36. The summed E-state index contributed by atoms with van der Waals surface area (Å²) in [6, 6.07) is 0.532. The van der Waals surface area contributed by atoms with Gasteiger partial charge in [0, 0.05) is 12.6 Å². The third kappa shape index (κ3) is 4.48. The highest BCUT2D eigenvalue weighted by molar-refractivity contribution is 7.80. The van der Waals surface area contributed by atoms with E-state index in [0.29, 0.717) is 12.1 Å². The molecule has 11 heteroatoms. The van der Waals surface area contributed by atoms with Crippen molar-refractivity contribution in [3.05, 3.63) is 34.9 Å². The quantitative estimate of drug-likeness (QED) is 0.467. The molecule has 1 amide bonds. The first-order chi connectivity index (χ1) is 9.82. The molecule has 1 aromatic carbocycles. The lowest BCUT2D eigenvalue weighted by Crippen LogP contribution is -2.46. The van der Waals surface area contributed by atoms with Crippen LogP contribution in [-0.4, -0.2) is 23.1 Å². The number of alkyl halides is 6. The highest BCUT2D eigenvalue weighted by atomic mass is 32.1. The smallest absolute Gasteiger partial charge is 0.375 e. The molecule has 0 fully saturated rings. The van der Waals surface area contributed by atoms with Crippen molar-refractivity contribution in [1.29, 1.82) is 0 Å². The standard InChI is InChI=1S/C11H9F6N3OS/c1-20(9(18)22)19-8(21)5-2-6(10(12,13)14)4-7(3-5)11(15,16)17/h2-4H,1H3,(H2,18,22)(H,19,21). The molecular formula is C11H9F6N3OS. The van der Waals surface area contributed by atoms with Crippen LogP contribution in [0.2, 0.25) is 0 Å². The predicted octanol–water partition coefficient (Wildman–Crippen LogP) is 2.54. The van der Waals surface area contributed by atoms with Gasteiger partial charge in [0.15, 0.2) is 5.11 Å². The molecule has 0 saturated heterocycles. The molecule has 0 unspecified atom stereocenters. The minimum atomic E-state index is -5.04. The van der Waals surface area contributed by atoms with Gasteiger partial charge in [-0.1, -0.05) is 0 Å². The summed E-state index contributed by atoms with van der Waals surface area (Å²) < 4.78 is 75.8. The summed E-state index contributed by atoms with van der Waals surface area (Å²) in [4.78, 5) is 11.7. The summed E-state index contributed by atoms with van der Waals surface area (Å²) in [6.45, 7) is 0. The maximum Gasteiger partial charge on any atom is 0.416 e. The third-order valence-electron chi connectivity index (χ3n) is 2.45. The summed E-state index contributed by atoms with van der Waals surface area (Å²) in [5.41, 5.74) is 3.08. The number of benzene rings is 1. The Hall–Kier alpha value is -2.04. The number of nitrogens with one attached hydrogen (secondary N) is 1. The maximum absolute atomic E-state index is 12.6. The van der Waals surface area contributed by atoms with Crippen LogP contribution < -0.4 is 11.2 Å². The van der Waals surface area contributed by atoms with Gasteiger partial charge in [-0.05, 0) is 30.4 Å². The monoisotopic (exact) mass is 345 g/mol. The first-order valence-electron chi connectivity index (χ1n) is 5.46. The van der Waals surface area contributed by atoms with Crippen LogP contribution in [0.3, 0.4) is 0 Å². The zero-order valence-corrected chi connectivity index (χ0v) is 11.7. The number of thiocarbonyl (C=S) groups is 1. The highest BCUT2D eigenvalue weighted by Crippen LogP contribution is 2.36. The van der Waals surface area contributed by atoms with E-state index in [-0.39, 0.29) is 11.2 Å². The van der Waals surface area contributed by atoms with Gasteiger partial charge in [-0.25, -0.2) is 0 Å². The van der Waals surface area contributed by atoms with Gasteiger partial charge in [0.1, 0.15) is 0 Å². The van der Waals surface area contributed by atoms with E-state index in [4.69, 9.17) is 5.73 Å². The Morgan fingerprint density at radius 1 is 1.09 bits per heavy atom. The van der Waals surface area contributed by atoms with E-state index in [1.807, 2.05) is 5.43 Å². The molecular weight excluding hydrogens is 336 g/mol. The topological polar surface area (TPSA) is 58.4 Å². The van der Waals surface area contributed by atoms with Crippen LogP contribution in [0.4, 0.5) is 26.3 Å². The Morgan fingerprint density at radius 3 is 1.82 bits per heavy atom. The van der Waals surface area contributed by atoms with E-state index in [0.717, 1.165) is 5.01 Å². The number of hydrogen-bond donors (Lipinski definition) is 2. The molecule has 0 bridgehead atoms. The normalized spacial score (nSPS) is 12.0. The summed E-state index contributed by atoms with van der Waals surface area (Å²) in [6.07, 6.45) is -10.1. The molecule has 0 spiro atoms. The zero-order chi connectivity index (χ0) is 17.3. The lowest BCUT2D eigenvalue weighted by Gasteiger charge is -2.19. The van der Waals surface area contributed by atoms with Crippen molar-refractivity contribution in [3.63, 3.8) is 0 Å². The van der Waals surface area contributed by atoms with Gasteiger partial charge in [0.25, 0.3) is 5.91 Å². The maximum atomic E-state index is 12.6. The minimum Gasteiger partial charge on any atom is -0.375 e. The minimum absolute atomic E-state index is 0.0753. The zero-order valence-electron chi connectivity index (χ0n) is 10.8. The summed E-state index contributed by atoms with van der Waals surface area (Å²) in [5, 5.41) is 0.460. The van der Waals surface area contributed by atoms with E-state index in [2.05, 4.69) is 12.2 Å². The van der Waals surface area contributed by atoms with Crippen LogP contribution in [0.15, 0.2) is 18.2 Å². The van der Waals surface area contributed by atoms with Gasteiger partial charge < -0.3 is 5.73 Å². The van der Waals surface area contributed by atoms with Crippen LogP contribution in [0.25, 0.3) is 0 Å². The Kier molecular flexibility index (Phi) is 4.90. The van der Waals surface area contributed by atoms with Crippen LogP contribution >= 0.6 is 12.2 Å². The Labute approximate surface area is 125 Å². The first-order valence-corrected chi connectivity index (χ1v) is 5.87. The van der Waals surface area contributed by atoms with E-state index >= 15 is 0 Å². The first kappa shape index (κ1) is 18.0. The number of nitrogens with zero attached hydrogens (tertiary/aromatic N) is 1. The molecule has 0 aromatic heterocycles. The van der Waals surface area contributed by atoms with Crippen LogP contribution in [-0.2, 0) is 12.4 Å². The molecule has 3 N–H and O–H groups in total. The molecule has 4 nitrogen and oxygen atoms in total. The van der Waals surface area contributed by atoms with Gasteiger partial charge in [-0.15, -0.1) is 0 Å². The molecule has 22 heavy (non-hydrogen) atoms. The Balaban J connectivity index is 3.30. The van der Waals surface area contributed by atoms with Gasteiger partial charge in [0.05, 0.1) is 11.1 Å². The fraction of sp³-hybridized carbons (Fsp3) is 0.273. The lowest BCUT2D eigenvalue weighted by atomic mass is 10.0. The van der Waals surface area contributed by atoms with Crippen LogP contribution in [0, 0.1) is 0 Å². The fourth-order valence-corrected chi connectivity index (χ4v) is 1.40. The second kappa shape index (κ2) is 5.99. The number of rotatable bonds is 1. The van der Waals surface area contributed by atoms with Crippen molar-refractivity contribution >= 4 is 23.2 Å². The Morgan fingerprint density at radius 2 is 1.50 bits per heavy atom. The number of nitrogens with two attached hydrogens (primary N) is 1. The van der Waals surface area contributed by atoms with E-state index in [1.165, 1.54) is 7.05 Å². The molecule has 122 valence electrons. The number of amides is 1. The molecule has 1 rings (SSSR count). The average Bonchev–Trinajstić information content (AvgIpc) is 2.35. The van der Waals surface area contributed by atoms with Gasteiger partial charge in [-0.2, -0.15) is 26.3 Å². The number of carbonyl (C=O) groups is 1. The van der Waals surface area contributed by atoms with Crippen molar-refractivity contribution in [3.8, 4) is 0 Å². The van der Waals surface area contributed by atoms with E-state index in [9.17, 15) is 31.1 Å². The number of halogens is 6. The van der Waals surface area contributed by atoms with Gasteiger partial charge >= 0.3 is 12.4 Å². The lowest BCUT2D eigenvalue weighted by molar-refractivity contribution is -0.143. The van der Waals surface area contributed by atoms with Crippen LogP contribution in [0.1, 0.15) is 21.5 Å². The number of hydrazine groups is 1. The molecule has 0 aliphatic heterocycles. The second-order valence-corrected chi connectivity index (χ2v) is 4.55. The van der Waals surface area contributed by atoms with Crippen molar-refractivity contribution < 1.29 is 31.1 Å². The molecule has 0 aliphatic carbocycles. The molecule has 0 saturated carbocycles. The van der Waals surface area contributed by atoms with Crippen LogP contribution in [0.5, 0.6) is 0 Å². The number of carbonyl (C=O) groups excluding carboxylic acids is 1. The van der Waals surface area contributed by atoms with E-state index in [1.54, 1.807) is 0 Å². The van der Waals surface area contributed by atoms with Gasteiger partial charge in [-0.3, -0.25) is 15.2 Å². The van der Waals surface area contributed by atoms with Crippen molar-refractivity contribution in [2.24, 2.45) is 5.73 Å². The Bertz CT molecular complexity index is 566. The third-order valence-corrected chi connectivity index (χ3v) is 2.72. The predicted molar refractivity (Wildman–Crippen MR) is 68.5 cm³/mol. The summed E-state index contributed by atoms with van der Waals surface area (Å²) >= 11 is 4.49. The SMILES string of the molecule is CN(NC(=O)c1cc(C(F)(F)F)cc(C(F)(F)F)c1)C(N)=S. The molecule has 0 atom stereocenters. The van der Waals surface area contributed by atoms with Crippen molar-refractivity contribution in [1.82, 2.24) is 10.4 Å². The average molecular weight is 345 g/mol. The number of hydrogen-bond acceptors (Lipinski definition) is 2. The van der Waals surface area contributed by atoms with Crippen molar-refractivity contribution in [2.75, 3.05) is 7.05 Å². The molecule has 1 aromatic rings.